The predicted molar refractivity (Wildman–Crippen MR) is 145 cm³/mol. The average Bonchev–Trinajstić information content (AvgIpc) is 3.10. The summed E-state index contributed by atoms with van der Waals surface area (Å²) in [5.74, 6) is 0. The van der Waals surface area contributed by atoms with Gasteiger partial charge in [-0.1, -0.05) is 48.5 Å². The summed E-state index contributed by atoms with van der Waals surface area (Å²) in [6.07, 6.45) is 4.74. The van der Waals surface area contributed by atoms with E-state index < -0.39 is 8.40 Å². The fourth-order valence-corrected chi connectivity index (χ4v) is 11.2. The third kappa shape index (κ3) is 4.91. The fourth-order valence-electron chi connectivity index (χ4n) is 5.23. The zero-order chi connectivity index (χ0) is 24.6. The van der Waals surface area contributed by atoms with Gasteiger partial charge in [0, 0.05) is 36.6 Å². The number of hydrogen-bond donors (Lipinski definition) is 0. The van der Waals surface area contributed by atoms with Crippen LogP contribution in [0.15, 0.2) is 60.9 Å². The van der Waals surface area contributed by atoms with E-state index in [2.05, 4.69) is 150 Å². The molecule has 0 atom stereocenters. The highest BCUT2D eigenvalue weighted by Gasteiger charge is 2.58. The summed E-state index contributed by atoms with van der Waals surface area (Å²) in [6.45, 7) is 16.0. The van der Waals surface area contributed by atoms with Crippen molar-refractivity contribution in [3.8, 4) is 0 Å². The molecule has 33 heavy (non-hydrogen) atoms. The van der Waals surface area contributed by atoms with Crippen molar-refractivity contribution in [1.29, 1.82) is 0 Å². The van der Waals surface area contributed by atoms with Crippen LogP contribution in [-0.2, 0) is 13.1 Å². The van der Waals surface area contributed by atoms with Crippen LogP contribution in [-0.4, -0.2) is 66.6 Å². The summed E-state index contributed by atoms with van der Waals surface area (Å²) in [6, 6.07) is 18.3. The monoisotopic (exact) mass is 464 g/mol. The molecule has 0 fully saturated rings. The maximum Gasteiger partial charge on any atom is 0.332 e. The van der Waals surface area contributed by atoms with Gasteiger partial charge >= 0.3 is 8.40 Å². The lowest BCUT2D eigenvalue weighted by atomic mass is 10.1. The summed E-state index contributed by atoms with van der Waals surface area (Å²) in [4.78, 5) is 4.58. The molecule has 1 aliphatic heterocycles. The van der Waals surface area contributed by atoms with Crippen molar-refractivity contribution in [2.45, 2.75) is 65.7 Å². The van der Waals surface area contributed by atoms with E-state index in [1.165, 1.54) is 21.5 Å². The average molecular weight is 465 g/mol. The molecular weight excluding hydrogens is 420 g/mol. The molecule has 180 valence electrons. The van der Waals surface area contributed by atoms with Crippen LogP contribution in [0.5, 0.6) is 0 Å². The topological polar surface area (TPSA) is 13.0 Å². The van der Waals surface area contributed by atoms with Gasteiger partial charge in [-0.2, -0.15) is 0 Å². The second-order valence-corrected chi connectivity index (χ2v) is 15.2. The lowest BCUT2D eigenvalue weighted by molar-refractivity contribution is 0.276. The zero-order valence-corrected chi connectivity index (χ0v) is 23.5. The minimum absolute atomic E-state index is 0.0286. The Kier molecular flexibility index (Phi) is 7.18. The Morgan fingerprint density at radius 3 is 1.24 bits per heavy atom. The predicted octanol–water partition coefficient (Wildman–Crippen LogP) is 4.05. The van der Waals surface area contributed by atoms with Crippen LogP contribution in [0, 0.1) is 0 Å². The van der Waals surface area contributed by atoms with E-state index in [-0.39, 0.29) is 11.1 Å². The first-order valence-electron chi connectivity index (χ1n) is 12.0. The van der Waals surface area contributed by atoms with Crippen molar-refractivity contribution < 1.29 is 0 Å². The molecule has 0 N–H and O–H groups in total. The van der Waals surface area contributed by atoms with Gasteiger partial charge in [0.1, 0.15) is 0 Å². The minimum Gasteiger partial charge on any atom is -0.374 e. The maximum atomic E-state index is 2.72. The first-order valence-corrected chi connectivity index (χ1v) is 13.9. The zero-order valence-electron chi connectivity index (χ0n) is 22.5. The molecule has 2 aromatic rings. The molecule has 0 saturated heterocycles. The second-order valence-electron chi connectivity index (χ2n) is 11.8. The molecule has 0 amide bonds. The van der Waals surface area contributed by atoms with Gasteiger partial charge in [-0.3, -0.25) is 0 Å². The van der Waals surface area contributed by atoms with Gasteiger partial charge in [0.15, 0.2) is 0 Å². The maximum absolute atomic E-state index is 2.72. The lowest BCUT2D eigenvalue weighted by Crippen LogP contribution is -2.81. The van der Waals surface area contributed by atoms with Crippen molar-refractivity contribution in [2.75, 3.05) is 28.2 Å². The van der Waals surface area contributed by atoms with E-state index in [4.69, 9.17) is 0 Å². The number of hydrogen-bond acceptors (Lipinski definition) is 4. The van der Waals surface area contributed by atoms with Crippen molar-refractivity contribution in [3.63, 3.8) is 0 Å². The highest BCUT2D eigenvalue weighted by molar-refractivity contribution is 6.99. The number of benzene rings is 2. The molecule has 0 aromatic heterocycles. The summed E-state index contributed by atoms with van der Waals surface area (Å²) in [7, 11) is 6.04. The van der Waals surface area contributed by atoms with Gasteiger partial charge in [0.25, 0.3) is 0 Å². The minimum atomic E-state index is -2.63. The second kappa shape index (κ2) is 9.28. The van der Waals surface area contributed by atoms with Crippen LogP contribution in [0.2, 0.25) is 0 Å². The third-order valence-electron chi connectivity index (χ3n) is 6.27. The van der Waals surface area contributed by atoms with Crippen LogP contribution in [0.3, 0.4) is 0 Å². The van der Waals surface area contributed by atoms with Gasteiger partial charge in [0.05, 0.1) is 0 Å². The molecule has 5 heteroatoms. The van der Waals surface area contributed by atoms with Gasteiger partial charge in [-0.15, -0.1) is 0 Å². The largest absolute Gasteiger partial charge is 0.374 e. The van der Waals surface area contributed by atoms with Gasteiger partial charge < -0.3 is 18.9 Å². The highest BCUT2D eigenvalue weighted by Crippen LogP contribution is 2.37. The molecule has 3 rings (SSSR count). The standard InChI is InChI=1S/C28H44N4Si/c1-27(2,3)31-19-20-32(28(4,5)6)33(31,25-17-13-11-15-23(25)21-29(7)8)26-18-14-12-16-24(26)22-30(9)10/h11-20H,21-22H2,1-10H3. The molecule has 0 bridgehead atoms. The molecule has 0 radical (unpaired) electrons. The summed E-state index contributed by atoms with van der Waals surface area (Å²) in [5.41, 5.74) is 2.78. The molecule has 0 aliphatic carbocycles. The smallest absolute Gasteiger partial charge is 0.332 e. The van der Waals surface area contributed by atoms with Gasteiger partial charge in [-0.05, 0) is 91.2 Å². The molecule has 0 spiro atoms. The summed E-state index contributed by atoms with van der Waals surface area (Å²) >= 11 is 0. The lowest BCUT2D eigenvalue weighted by Gasteiger charge is -2.54. The Morgan fingerprint density at radius 2 is 0.939 bits per heavy atom. The van der Waals surface area contributed by atoms with Crippen LogP contribution in [0.25, 0.3) is 0 Å². The first-order chi connectivity index (χ1) is 15.3. The molecule has 1 heterocycles. The van der Waals surface area contributed by atoms with Crippen molar-refractivity contribution >= 4 is 18.8 Å². The van der Waals surface area contributed by atoms with Gasteiger partial charge in [0.2, 0.25) is 0 Å². The molecular formula is C28H44N4Si. The highest BCUT2D eigenvalue weighted by atomic mass is 28.3. The Morgan fingerprint density at radius 1 is 0.606 bits per heavy atom. The fraction of sp³-hybridized carbons (Fsp3) is 0.500. The normalized spacial score (nSPS) is 16.4. The van der Waals surface area contributed by atoms with Crippen LogP contribution < -0.4 is 10.4 Å². The van der Waals surface area contributed by atoms with E-state index in [0.29, 0.717) is 0 Å². The van der Waals surface area contributed by atoms with Crippen LogP contribution >= 0.6 is 0 Å². The van der Waals surface area contributed by atoms with E-state index in [9.17, 15) is 0 Å². The molecule has 2 aromatic carbocycles. The van der Waals surface area contributed by atoms with Crippen molar-refractivity contribution in [1.82, 2.24) is 18.9 Å². The molecule has 0 saturated carbocycles. The van der Waals surface area contributed by atoms with Gasteiger partial charge in [-0.25, -0.2) is 0 Å². The van der Waals surface area contributed by atoms with Crippen LogP contribution in [0.4, 0.5) is 0 Å². The number of nitrogens with zero attached hydrogens (tertiary/aromatic N) is 4. The third-order valence-corrected chi connectivity index (χ3v) is 11.8. The van der Waals surface area contributed by atoms with E-state index in [0.717, 1.165) is 13.1 Å². The van der Waals surface area contributed by atoms with Crippen molar-refractivity contribution in [3.05, 3.63) is 72.1 Å². The summed E-state index contributed by atoms with van der Waals surface area (Å²) < 4.78 is 5.43. The Labute approximate surface area is 203 Å². The van der Waals surface area contributed by atoms with E-state index in [1.54, 1.807) is 0 Å². The Hall–Kier alpha value is -2.08. The van der Waals surface area contributed by atoms with Crippen LogP contribution in [0.1, 0.15) is 52.7 Å². The molecule has 1 aliphatic rings. The SMILES string of the molecule is CN(C)Cc1ccccc1[Si]1(c2ccccc2CN(C)C)N(C(C)(C)C)C=CN1C(C)(C)C. The number of rotatable bonds is 6. The van der Waals surface area contributed by atoms with E-state index >= 15 is 0 Å². The quantitative estimate of drug-likeness (QED) is 0.598. The molecule has 4 nitrogen and oxygen atoms in total. The summed E-state index contributed by atoms with van der Waals surface area (Å²) in [5, 5.41) is 2.97. The van der Waals surface area contributed by atoms with Crippen molar-refractivity contribution in [2.24, 2.45) is 0 Å². The molecule has 0 unspecified atom stereocenters. The Balaban J connectivity index is 2.48. The first kappa shape index (κ1) is 25.5. The van der Waals surface area contributed by atoms with E-state index in [1.807, 2.05) is 0 Å². The Bertz CT molecular complexity index is 902.